The highest BCUT2D eigenvalue weighted by atomic mass is 35.5. The molecule has 1 fully saturated rings. The lowest BCUT2D eigenvalue weighted by atomic mass is 10.1. The van der Waals surface area contributed by atoms with Crippen molar-refractivity contribution >= 4 is 46.1 Å². The van der Waals surface area contributed by atoms with Gasteiger partial charge >= 0.3 is 6.18 Å². The minimum absolute atomic E-state index is 0.0930. The molecule has 1 heterocycles. The van der Waals surface area contributed by atoms with Gasteiger partial charge in [-0.3, -0.25) is 9.59 Å². The van der Waals surface area contributed by atoms with Crippen molar-refractivity contribution in [1.82, 2.24) is 14.9 Å². The van der Waals surface area contributed by atoms with Gasteiger partial charge < -0.3 is 25.7 Å². The van der Waals surface area contributed by atoms with E-state index >= 15 is 0 Å². The van der Waals surface area contributed by atoms with Gasteiger partial charge in [0.15, 0.2) is 0 Å². The predicted octanol–water partition coefficient (Wildman–Crippen LogP) is 4.04. The van der Waals surface area contributed by atoms with Crippen LogP contribution in [0, 0.1) is 5.41 Å². The normalized spacial score (nSPS) is 14.6. The number of carbonyl (C=O) groups is 2. The SMILES string of the molecule is COc1cc2c(cc1C(N)=O)nc(Nc1cc(CNC(=O)C3(C(F)(F)F)CC3)ccc1Cl)n2C. The Morgan fingerprint density at radius 1 is 1.26 bits per heavy atom. The molecular formula is C22H21ClF3N5O3. The van der Waals surface area contributed by atoms with Crippen molar-refractivity contribution in [2.24, 2.45) is 18.2 Å². The number of imidazole rings is 1. The first-order valence-electron chi connectivity index (χ1n) is 10.2. The first-order valence-corrected chi connectivity index (χ1v) is 10.6. The Kier molecular flexibility index (Phi) is 5.84. The molecule has 4 N–H and O–H groups in total. The lowest BCUT2D eigenvalue weighted by Gasteiger charge is -2.18. The zero-order chi connectivity index (χ0) is 24.8. The van der Waals surface area contributed by atoms with Gasteiger partial charge in [0, 0.05) is 19.7 Å². The van der Waals surface area contributed by atoms with E-state index in [0.29, 0.717) is 39.0 Å². The Morgan fingerprint density at radius 2 is 1.97 bits per heavy atom. The molecule has 0 unspecified atom stereocenters. The third kappa shape index (κ3) is 4.11. The molecule has 12 heteroatoms. The van der Waals surface area contributed by atoms with E-state index in [9.17, 15) is 22.8 Å². The highest BCUT2D eigenvalue weighted by Gasteiger charge is 2.68. The van der Waals surface area contributed by atoms with E-state index < -0.39 is 23.4 Å². The number of methoxy groups -OCH3 is 1. The number of ether oxygens (including phenoxy) is 1. The summed E-state index contributed by atoms with van der Waals surface area (Å²) in [6, 6.07) is 7.95. The maximum atomic E-state index is 13.1. The molecule has 34 heavy (non-hydrogen) atoms. The van der Waals surface area contributed by atoms with Crippen LogP contribution < -0.4 is 21.1 Å². The fraction of sp³-hybridized carbons (Fsp3) is 0.318. The number of halogens is 4. The summed E-state index contributed by atoms with van der Waals surface area (Å²) in [4.78, 5) is 28.3. The van der Waals surface area contributed by atoms with E-state index in [1.807, 2.05) is 0 Å². The number of anilines is 2. The van der Waals surface area contributed by atoms with E-state index in [0.717, 1.165) is 0 Å². The molecule has 0 saturated heterocycles. The average Bonchev–Trinajstić information content (AvgIpc) is 3.55. The van der Waals surface area contributed by atoms with E-state index in [2.05, 4.69) is 15.6 Å². The van der Waals surface area contributed by atoms with Gasteiger partial charge in [0.1, 0.15) is 11.2 Å². The smallest absolute Gasteiger partial charge is 0.403 e. The van der Waals surface area contributed by atoms with Gasteiger partial charge in [0.2, 0.25) is 11.9 Å². The average molecular weight is 496 g/mol. The van der Waals surface area contributed by atoms with Crippen LogP contribution in [-0.2, 0) is 18.4 Å². The summed E-state index contributed by atoms with van der Waals surface area (Å²) in [5, 5.41) is 5.79. The van der Waals surface area contributed by atoms with Crippen LogP contribution in [0.25, 0.3) is 11.0 Å². The fourth-order valence-corrected chi connectivity index (χ4v) is 3.87. The summed E-state index contributed by atoms with van der Waals surface area (Å²) in [7, 11) is 3.16. The number of nitrogens with zero attached hydrogens (tertiary/aromatic N) is 2. The fourth-order valence-electron chi connectivity index (χ4n) is 3.71. The molecule has 180 valence electrons. The van der Waals surface area contributed by atoms with Crippen LogP contribution in [0.5, 0.6) is 5.75 Å². The first-order chi connectivity index (χ1) is 16.0. The lowest BCUT2D eigenvalue weighted by Crippen LogP contribution is -2.40. The number of rotatable bonds is 7. The quantitative estimate of drug-likeness (QED) is 0.458. The zero-order valence-electron chi connectivity index (χ0n) is 18.2. The summed E-state index contributed by atoms with van der Waals surface area (Å²) in [5.41, 5.74) is 5.45. The van der Waals surface area contributed by atoms with Crippen molar-refractivity contribution < 1.29 is 27.5 Å². The van der Waals surface area contributed by atoms with Gasteiger partial charge in [-0.25, -0.2) is 4.98 Å². The Balaban J connectivity index is 1.56. The molecule has 0 bridgehead atoms. The zero-order valence-corrected chi connectivity index (χ0v) is 19.0. The number of aryl methyl sites for hydroxylation is 1. The van der Waals surface area contributed by atoms with E-state index in [1.54, 1.807) is 35.9 Å². The summed E-state index contributed by atoms with van der Waals surface area (Å²) < 4.78 is 46.4. The largest absolute Gasteiger partial charge is 0.496 e. The van der Waals surface area contributed by atoms with E-state index in [-0.39, 0.29) is 24.9 Å². The molecule has 2 amide bonds. The van der Waals surface area contributed by atoms with Crippen molar-refractivity contribution in [3.05, 3.63) is 46.5 Å². The molecule has 0 atom stereocenters. The summed E-state index contributed by atoms with van der Waals surface area (Å²) in [6.07, 6.45) is -4.98. The number of hydrogen-bond acceptors (Lipinski definition) is 5. The Morgan fingerprint density at radius 3 is 2.56 bits per heavy atom. The topological polar surface area (TPSA) is 111 Å². The van der Waals surface area contributed by atoms with Crippen LogP contribution in [0.3, 0.4) is 0 Å². The van der Waals surface area contributed by atoms with Crippen LogP contribution in [0.1, 0.15) is 28.8 Å². The summed E-state index contributed by atoms with van der Waals surface area (Å²) in [5.74, 6) is -0.998. The third-order valence-corrected chi connectivity index (χ3v) is 6.25. The molecular weight excluding hydrogens is 475 g/mol. The van der Waals surface area contributed by atoms with Crippen LogP contribution >= 0.6 is 11.6 Å². The molecule has 2 aromatic carbocycles. The number of carbonyl (C=O) groups excluding carboxylic acids is 2. The van der Waals surface area contributed by atoms with Gasteiger partial charge in [-0.05, 0) is 36.6 Å². The molecule has 0 spiro atoms. The molecule has 3 aromatic rings. The minimum atomic E-state index is -4.57. The molecule has 0 radical (unpaired) electrons. The monoisotopic (exact) mass is 495 g/mol. The number of nitrogens with one attached hydrogen (secondary N) is 2. The van der Waals surface area contributed by atoms with Crippen molar-refractivity contribution in [2.75, 3.05) is 12.4 Å². The number of benzene rings is 2. The van der Waals surface area contributed by atoms with Crippen molar-refractivity contribution in [3.63, 3.8) is 0 Å². The number of primary amides is 1. The van der Waals surface area contributed by atoms with Crippen LogP contribution in [0.15, 0.2) is 30.3 Å². The van der Waals surface area contributed by atoms with Crippen LogP contribution in [0.2, 0.25) is 5.02 Å². The van der Waals surface area contributed by atoms with Gasteiger partial charge in [-0.2, -0.15) is 13.2 Å². The van der Waals surface area contributed by atoms with Gasteiger partial charge in [-0.1, -0.05) is 17.7 Å². The number of fused-ring (bicyclic) bond motifs is 1. The number of hydrogen-bond donors (Lipinski definition) is 3. The second-order valence-corrected chi connectivity index (χ2v) is 8.51. The van der Waals surface area contributed by atoms with Crippen LogP contribution in [-0.4, -0.2) is 34.7 Å². The summed E-state index contributed by atoms with van der Waals surface area (Å²) in [6.45, 7) is -0.0930. The number of alkyl halides is 3. The minimum Gasteiger partial charge on any atom is -0.496 e. The second kappa shape index (κ2) is 8.39. The van der Waals surface area contributed by atoms with Gasteiger partial charge in [0.05, 0.1) is 34.4 Å². The number of amides is 2. The second-order valence-electron chi connectivity index (χ2n) is 8.10. The highest BCUT2D eigenvalue weighted by molar-refractivity contribution is 6.33. The summed E-state index contributed by atoms with van der Waals surface area (Å²) >= 11 is 6.30. The van der Waals surface area contributed by atoms with Crippen LogP contribution in [0.4, 0.5) is 24.8 Å². The molecule has 1 aromatic heterocycles. The Bertz CT molecular complexity index is 1300. The molecule has 4 rings (SSSR count). The predicted molar refractivity (Wildman–Crippen MR) is 120 cm³/mol. The van der Waals surface area contributed by atoms with E-state index in [1.165, 1.54) is 13.2 Å². The molecule has 1 aliphatic carbocycles. The molecule has 1 saturated carbocycles. The van der Waals surface area contributed by atoms with Gasteiger partial charge in [-0.15, -0.1) is 0 Å². The van der Waals surface area contributed by atoms with E-state index in [4.69, 9.17) is 22.1 Å². The van der Waals surface area contributed by atoms with Crippen molar-refractivity contribution in [2.45, 2.75) is 25.6 Å². The number of nitrogens with two attached hydrogens (primary N) is 1. The lowest BCUT2D eigenvalue weighted by molar-refractivity contribution is -0.192. The third-order valence-electron chi connectivity index (χ3n) is 5.93. The number of aromatic nitrogens is 2. The van der Waals surface area contributed by atoms with Crippen molar-refractivity contribution in [1.29, 1.82) is 0 Å². The maximum absolute atomic E-state index is 13.1. The Labute approximate surface area is 197 Å². The molecule has 8 nitrogen and oxygen atoms in total. The highest BCUT2D eigenvalue weighted by Crippen LogP contribution is 2.57. The van der Waals surface area contributed by atoms with Crippen molar-refractivity contribution in [3.8, 4) is 5.75 Å². The van der Waals surface area contributed by atoms with Gasteiger partial charge in [0.25, 0.3) is 5.91 Å². The first kappa shape index (κ1) is 23.7. The maximum Gasteiger partial charge on any atom is 0.403 e. The molecule has 1 aliphatic rings. The Hall–Kier alpha value is -3.47. The standard InChI is InChI=1S/C22H21ClF3N5O3/c1-31-16-9-17(34-2)12(18(27)32)8-15(16)30-20(31)29-14-7-11(3-4-13(14)23)10-28-19(33)21(5-6-21)22(24,25)26/h3-4,7-9H,5-6,10H2,1-2H3,(H2,27,32)(H,28,33)(H,29,30). The molecule has 0 aliphatic heterocycles.